The molecule has 3 nitrogen and oxygen atoms in total. The van der Waals surface area contributed by atoms with Crippen molar-refractivity contribution in [2.75, 3.05) is 13.2 Å². The summed E-state index contributed by atoms with van der Waals surface area (Å²) in [5.74, 6) is 0.794. The minimum absolute atomic E-state index is 0.565. The summed E-state index contributed by atoms with van der Waals surface area (Å²) in [6.07, 6.45) is 0.0240. The van der Waals surface area contributed by atoms with E-state index in [2.05, 4.69) is 11.9 Å². The topological polar surface area (TPSA) is 51.0 Å². The van der Waals surface area contributed by atoms with Gasteiger partial charge in [0.05, 0.1) is 12.2 Å². The third-order valence-electron chi connectivity index (χ3n) is 5.02. The Balaban J connectivity index is 1.98. The summed E-state index contributed by atoms with van der Waals surface area (Å²) in [4.78, 5) is 3.32. The number of benzene rings is 2. The van der Waals surface area contributed by atoms with Crippen molar-refractivity contribution in [1.29, 1.82) is 0 Å². The molecule has 1 heterocycles. The Morgan fingerprint density at radius 3 is 2.41 bits per heavy atom. The number of aromatic nitrogens is 1. The van der Waals surface area contributed by atoms with E-state index in [0.29, 0.717) is 30.5 Å². The van der Waals surface area contributed by atoms with Crippen LogP contribution in [0, 0.1) is 0 Å². The Labute approximate surface area is 169 Å². The molecule has 3 N–H and O–H groups in total. The number of unbranched alkanes of at least 4 members (excludes halogenated alkanes) is 2. The first-order valence-electron chi connectivity index (χ1n) is 10.1. The van der Waals surface area contributed by atoms with Crippen LogP contribution >= 0.6 is 0 Å². The molecule has 6 heteroatoms. The molecule has 0 spiro atoms. The van der Waals surface area contributed by atoms with Gasteiger partial charge in [0.25, 0.3) is 0 Å². The summed E-state index contributed by atoms with van der Waals surface area (Å²) in [5.41, 5.74) is 8.38. The first kappa shape index (κ1) is 21.2. The van der Waals surface area contributed by atoms with E-state index >= 15 is 0 Å². The van der Waals surface area contributed by atoms with E-state index in [1.54, 1.807) is 0 Å². The Bertz CT molecular complexity index is 930. The number of nitrogens with two attached hydrogens (primary N) is 1. The van der Waals surface area contributed by atoms with Gasteiger partial charge in [0, 0.05) is 16.6 Å². The highest BCUT2D eigenvalue weighted by atomic mass is 19.4. The van der Waals surface area contributed by atoms with Gasteiger partial charge in [-0.3, -0.25) is 0 Å². The largest absolute Gasteiger partial charge is 0.494 e. The highest BCUT2D eigenvalue weighted by molar-refractivity contribution is 5.91. The molecule has 0 saturated carbocycles. The summed E-state index contributed by atoms with van der Waals surface area (Å²) >= 11 is 0. The number of nitrogens with one attached hydrogen (secondary N) is 1. The lowest BCUT2D eigenvalue weighted by molar-refractivity contribution is -0.137. The molecule has 0 bridgehead atoms. The molecule has 0 radical (unpaired) electrons. The van der Waals surface area contributed by atoms with E-state index in [-0.39, 0.29) is 0 Å². The fourth-order valence-electron chi connectivity index (χ4n) is 3.43. The van der Waals surface area contributed by atoms with Gasteiger partial charge in [-0.1, -0.05) is 13.3 Å². The average molecular weight is 404 g/mol. The Morgan fingerprint density at radius 1 is 1.00 bits per heavy atom. The van der Waals surface area contributed by atoms with E-state index in [9.17, 15) is 13.2 Å². The highest BCUT2D eigenvalue weighted by Gasteiger charge is 2.31. The van der Waals surface area contributed by atoms with Gasteiger partial charge in [-0.05, 0) is 85.8 Å². The molecular formula is C23H27F3N2O. The standard InChI is InChI=1S/C23H27F3N2O/c1-2-3-14-29-18-10-7-16(8-11-18)22-19(6-4-5-13-27)20-15-17(23(24,25)26)9-12-21(20)28-22/h7-12,15,28H,2-6,13-14,27H2,1H3. The van der Waals surface area contributed by atoms with Crippen LogP contribution in [0.2, 0.25) is 0 Å². The maximum Gasteiger partial charge on any atom is 0.416 e. The predicted octanol–water partition coefficient (Wildman–Crippen LogP) is 6.31. The molecule has 0 aliphatic carbocycles. The third kappa shape index (κ3) is 5.12. The number of hydrogen-bond donors (Lipinski definition) is 2. The maximum absolute atomic E-state index is 13.2. The van der Waals surface area contributed by atoms with E-state index in [1.165, 1.54) is 12.1 Å². The molecule has 0 aliphatic heterocycles. The van der Waals surface area contributed by atoms with E-state index < -0.39 is 11.7 Å². The number of aryl methyl sites for hydroxylation is 1. The highest BCUT2D eigenvalue weighted by Crippen LogP contribution is 2.36. The number of alkyl halides is 3. The second-order valence-corrected chi connectivity index (χ2v) is 7.21. The molecule has 0 saturated heterocycles. The number of rotatable bonds is 9. The van der Waals surface area contributed by atoms with Crippen LogP contribution in [0.4, 0.5) is 13.2 Å². The number of aromatic amines is 1. The zero-order valence-corrected chi connectivity index (χ0v) is 16.6. The molecule has 0 aliphatic rings. The first-order valence-corrected chi connectivity index (χ1v) is 10.1. The van der Waals surface area contributed by atoms with Crippen LogP contribution in [-0.4, -0.2) is 18.1 Å². The van der Waals surface area contributed by atoms with Crippen LogP contribution in [-0.2, 0) is 12.6 Å². The molecule has 0 atom stereocenters. The van der Waals surface area contributed by atoms with Crippen molar-refractivity contribution in [2.45, 2.75) is 45.2 Å². The van der Waals surface area contributed by atoms with Crippen molar-refractivity contribution in [3.05, 3.63) is 53.6 Å². The van der Waals surface area contributed by atoms with Crippen molar-refractivity contribution in [1.82, 2.24) is 4.98 Å². The minimum atomic E-state index is -4.36. The smallest absolute Gasteiger partial charge is 0.416 e. The summed E-state index contributed by atoms with van der Waals surface area (Å²) in [7, 11) is 0. The van der Waals surface area contributed by atoms with Crippen LogP contribution in [0.15, 0.2) is 42.5 Å². The van der Waals surface area contributed by atoms with Crippen LogP contribution < -0.4 is 10.5 Å². The van der Waals surface area contributed by atoms with Crippen LogP contribution in [0.5, 0.6) is 5.75 Å². The molecular weight excluding hydrogens is 377 g/mol. The van der Waals surface area contributed by atoms with Gasteiger partial charge in [0.1, 0.15) is 5.75 Å². The van der Waals surface area contributed by atoms with Crippen LogP contribution in [0.25, 0.3) is 22.2 Å². The van der Waals surface area contributed by atoms with Gasteiger partial charge in [0.2, 0.25) is 0 Å². The van der Waals surface area contributed by atoms with Gasteiger partial charge in [-0.15, -0.1) is 0 Å². The Kier molecular flexibility index (Phi) is 6.85. The van der Waals surface area contributed by atoms with Crippen molar-refractivity contribution in [2.24, 2.45) is 5.73 Å². The number of ether oxygens (including phenoxy) is 1. The molecule has 3 rings (SSSR count). The van der Waals surface area contributed by atoms with Crippen LogP contribution in [0.3, 0.4) is 0 Å². The lowest BCUT2D eigenvalue weighted by atomic mass is 9.99. The summed E-state index contributed by atoms with van der Waals surface area (Å²) < 4.78 is 45.4. The summed E-state index contributed by atoms with van der Waals surface area (Å²) in [5, 5.41) is 0.620. The number of halogens is 3. The average Bonchev–Trinajstić information content (AvgIpc) is 3.06. The minimum Gasteiger partial charge on any atom is -0.494 e. The van der Waals surface area contributed by atoms with Gasteiger partial charge in [-0.25, -0.2) is 0 Å². The molecule has 156 valence electrons. The summed E-state index contributed by atoms with van der Waals surface area (Å²) in [6.45, 7) is 3.35. The molecule has 0 amide bonds. The third-order valence-corrected chi connectivity index (χ3v) is 5.02. The Morgan fingerprint density at radius 2 is 1.76 bits per heavy atom. The monoisotopic (exact) mass is 404 g/mol. The number of H-pyrrole nitrogens is 1. The van der Waals surface area contributed by atoms with Gasteiger partial charge in [0.15, 0.2) is 0 Å². The van der Waals surface area contributed by atoms with Crippen molar-refractivity contribution in [3.63, 3.8) is 0 Å². The van der Waals surface area contributed by atoms with Crippen LogP contribution in [0.1, 0.15) is 43.7 Å². The predicted molar refractivity (Wildman–Crippen MR) is 111 cm³/mol. The molecule has 0 fully saturated rings. The lowest BCUT2D eigenvalue weighted by Crippen LogP contribution is -2.04. The van der Waals surface area contributed by atoms with E-state index in [1.807, 2.05) is 24.3 Å². The molecule has 2 aromatic carbocycles. The molecule has 3 aromatic rings. The normalized spacial score (nSPS) is 11.9. The zero-order chi connectivity index (χ0) is 20.9. The first-order chi connectivity index (χ1) is 13.9. The van der Waals surface area contributed by atoms with Crippen molar-refractivity contribution >= 4 is 10.9 Å². The Hall–Kier alpha value is -2.47. The molecule has 0 unspecified atom stereocenters. The quantitative estimate of drug-likeness (QED) is 0.410. The maximum atomic E-state index is 13.2. The van der Waals surface area contributed by atoms with E-state index in [4.69, 9.17) is 10.5 Å². The van der Waals surface area contributed by atoms with Gasteiger partial charge in [-0.2, -0.15) is 13.2 Å². The second kappa shape index (κ2) is 9.35. The zero-order valence-electron chi connectivity index (χ0n) is 16.6. The van der Waals surface area contributed by atoms with E-state index in [0.717, 1.165) is 54.3 Å². The van der Waals surface area contributed by atoms with Crippen molar-refractivity contribution < 1.29 is 17.9 Å². The second-order valence-electron chi connectivity index (χ2n) is 7.21. The molecule has 29 heavy (non-hydrogen) atoms. The molecule has 1 aromatic heterocycles. The fourth-order valence-corrected chi connectivity index (χ4v) is 3.43. The summed E-state index contributed by atoms with van der Waals surface area (Å²) in [6, 6.07) is 11.6. The number of fused-ring (bicyclic) bond motifs is 1. The fraction of sp³-hybridized carbons (Fsp3) is 0.391. The number of hydrogen-bond acceptors (Lipinski definition) is 2. The van der Waals surface area contributed by atoms with Gasteiger partial charge >= 0.3 is 6.18 Å². The van der Waals surface area contributed by atoms with Gasteiger partial charge < -0.3 is 15.5 Å². The van der Waals surface area contributed by atoms with Crippen molar-refractivity contribution in [3.8, 4) is 17.0 Å². The SMILES string of the molecule is CCCCOc1ccc(-c2[nH]c3ccc(C(F)(F)F)cc3c2CCCCN)cc1. The lowest BCUT2D eigenvalue weighted by Gasteiger charge is -2.09.